The average Bonchev–Trinajstić information content (AvgIpc) is 3.13. The Labute approximate surface area is 159 Å². The molecule has 5 heteroatoms. The molecule has 1 aromatic heterocycles. The summed E-state index contributed by atoms with van der Waals surface area (Å²) in [7, 11) is 1.62. The first kappa shape index (κ1) is 17.3. The number of carbonyl (C=O) groups excluding carboxylic acids is 1. The summed E-state index contributed by atoms with van der Waals surface area (Å²) in [6, 6.07) is 17.5. The minimum Gasteiger partial charge on any atom is -0.497 e. The molecule has 0 bridgehead atoms. The van der Waals surface area contributed by atoms with Gasteiger partial charge < -0.3 is 10.1 Å². The Morgan fingerprint density at radius 1 is 1.19 bits per heavy atom. The predicted octanol–water partition coefficient (Wildman–Crippen LogP) is 3.75. The number of hydrogen-bond donors (Lipinski definition) is 1. The lowest BCUT2D eigenvalue weighted by Gasteiger charge is -2.24. The van der Waals surface area contributed by atoms with Gasteiger partial charge in [0.2, 0.25) is 0 Å². The standard InChI is InChI=1S/C22H23N3O2/c1-27-18-12-10-17(11-13-18)22(26)24-20-8-5-9-21-19(20)14-23-25(21)15-16-6-3-2-4-7-16/h2-4,6-7,10-14,20H,5,8-9,15H2,1H3,(H,24,26)/t20-/m0/s1. The molecule has 0 spiro atoms. The summed E-state index contributed by atoms with van der Waals surface area (Å²) in [5, 5.41) is 7.77. The van der Waals surface area contributed by atoms with Crippen molar-refractivity contribution in [1.29, 1.82) is 0 Å². The molecule has 0 saturated carbocycles. The van der Waals surface area contributed by atoms with E-state index >= 15 is 0 Å². The lowest BCUT2D eigenvalue weighted by atomic mass is 9.92. The average molecular weight is 361 g/mol. The number of ether oxygens (including phenoxy) is 1. The van der Waals surface area contributed by atoms with E-state index in [4.69, 9.17) is 4.74 Å². The van der Waals surface area contributed by atoms with E-state index in [9.17, 15) is 4.79 Å². The van der Waals surface area contributed by atoms with E-state index in [-0.39, 0.29) is 11.9 Å². The fourth-order valence-electron chi connectivity index (χ4n) is 3.65. The number of aromatic nitrogens is 2. The van der Waals surface area contributed by atoms with Crippen molar-refractivity contribution in [3.63, 3.8) is 0 Å². The summed E-state index contributed by atoms with van der Waals surface area (Å²) < 4.78 is 7.22. The molecular formula is C22H23N3O2. The number of methoxy groups -OCH3 is 1. The van der Waals surface area contributed by atoms with Gasteiger partial charge in [0.05, 0.1) is 25.9 Å². The molecule has 0 aliphatic heterocycles. The van der Waals surface area contributed by atoms with E-state index in [0.717, 1.165) is 37.1 Å². The maximum atomic E-state index is 12.6. The minimum absolute atomic E-state index is 0.00729. The smallest absolute Gasteiger partial charge is 0.251 e. The fraction of sp³-hybridized carbons (Fsp3) is 0.273. The largest absolute Gasteiger partial charge is 0.497 e. The molecular weight excluding hydrogens is 338 g/mol. The molecule has 1 aliphatic carbocycles. The Morgan fingerprint density at radius 2 is 1.96 bits per heavy atom. The van der Waals surface area contributed by atoms with Gasteiger partial charge in [-0.2, -0.15) is 5.10 Å². The van der Waals surface area contributed by atoms with Gasteiger partial charge in [0.1, 0.15) is 5.75 Å². The molecule has 1 aliphatic rings. The SMILES string of the molecule is COc1ccc(C(=O)N[C@H]2CCCc3c2cnn3Cc2ccccc2)cc1. The third-order valence-electron chi connectivity index (χ3n) is 5.10. The normalized spacial score (nSPS) is 15.8. The summed E-state index contributed by atoms with van der Waals surface area (Å²) in [5.74, 6) is 0.681. The van der Waals surface area contributed by atoms with Crippen LogP contribution in [0.2, 0.25) is 0 Å². The van der Waals surface area contributed by atoms with Crippen molar-refractivity contribution in [3.05, 3.63) is 83.2 Å². The van der Waals surface area contributed by atoms with Gasteiger partial charge in [-0.1, -0.05) is 30.3 Å². The van der Waals surface area contributed by atoms with Gasteiger partial charge in [-0.25, -0.2) is 0 Å². The van der Waals surface area contributed by atoms with Crippen LogP contribution in [-0.4, -0.2) is 22.8 Å². The van der Waals surface area contributed by atoms with Crippen LogP contribution in [-0.2, 0) is 13.0 Å². The van der Waals surface area contributed by atoms with Crippen LogP contribution in [0.3, 0.4) is 0 Å². The monoisotopic (exact) mass is 361 g/mol. The van der Waals surface area contributed by atoms with Crippen LogP contribution in [0.5, 0.6) is 5.75 Å². The molecule has 1 heterocycles. The van der Waals surface area contributed by atoms with Crippen LogP contribution in [0.15, 0.2) is 60.8 Å². The van der Waals surface area contributed by atoms with Crippen LogP contribution in [0.1, 0.15) is 46.1 Å². The van der Waals surface area contributed by atoms with Gasteiger partial charge in [-0.15, -0.1) is 0 Å². The van der Waals surface area contributed by atoms with E-state index in [0.29, 0.717) is 5.56 Å². The highest BCUT2D eigenvalue weighted by atomic mass is 16.5. The first-order valence-corrected chi connectivity index (χ1v) is 9.28. The minimum atomic E-state index is -0.0636. The van der Waals surface area contributed by atoms with Gasteiger partial charge in [-0.3, -0.25) is 9.48 Å². The number of rotatable bonds is 5. The molecule has 5 nitrogen and oxygen atoms in total. The second-order valence-electron chi connectivity index (χ2n) is 6.84. The van der Waals surface area contributed by atoms with Crippen LogP contribution < -0.4 is 10.1 Å². The van der Waals surface area contributed by atoms with E-state index in [1.54, 1.807) is 31.4 Å². The van der Waals surface area contributed by atoms with Crippen LogP contribution in [0.25, 0.3) is 0 Å². The number of carbonyl (C=O) groups is 1. The fourth-order valence-corrected chi connectivity index (χ4v) is 3.65. The number of benzene rings is 2. The van der Waals surface area contributed by atoms with Gasteiger partial charge >= 0.3 is 0 Å². The van der Waals surface area contributed by atoms with Gasteiger partial charge in [0, 0.05) is 16.8 Å². The second-order valence-corrected chi connectivity index (χ2v) is 6.84. The van der Waals surface area contributed by atoms with Crippen LogP contribution in [0.4, 0.5) is 0 Å². The molecule has 4 rings (SSSR count). The van der Waals surface area contributed by atoms with Gasteiger partial charge in [-0.05, 0) is 49.1 Å². The van der Waals surface area contributed by atoms with Gasteiger partial charge in [0.15, 0.2) is 0 Å². The summed E-state index contributed by atoms with van der Waals surface area (Å²) >= 11 is 0. The van der Waals surface area contributed by atoms with Gasteiger partial charge in [0.25, 0.3) is 5.91 Å². The molecule has 1 amide bonds. The van der Waals surface area contributed by atoms with Crippen molar-refractivity contribution in [2.45, 2.75) is 31.8 Å². The van der Waals surface area contributed by atoms with Crippen LogP contribution in [0, 0.1) is 0 Å². The zero-order chi connectivity index (χ0) is 18.6. The summed E-state index contributed by atoms with van der Waals surface area (Å²) in [4.78, 5) is 12.6. The highest BCUT2D eigenvalue weighted by Gasteiger charge is 2.26. The van der Waals surface area contributed by atoms with E-state index in [1.807, 2.05) is 24.4 Å². The second kappa shape index (κ2) is 7.66. The summed E-state index contributed by atoms with van der Waals surface area (Å²) in [6.07, 6.45) is 4.89. The number of amides is 1. The van der Waals surface area contributed by atoms with Crippen molar-refractivity contribution in [2.24, 2.45) is 0 Å². The zero-order valence-electron chi connectivity index (χ0n) is 15.4. The molecule has 1 N–H and O–H groups in total. The number of nitrogens with zero attached hydrogens (tertiary/aromatic N) is 2. The predicted molar refractivity (Wildman–Crippen MR) is 104 cm³/mol. The van der Waals surface area contributed by atoms with Crippen molar-refractivity contribution >= 4 is 5.91 Å². The Morgan fingerprint density at radius 3 is 2.70 bits per heavy atom. The third kappa shape index (κ3) is 3.72. The van der Waals surface area contributed by atoms with Crippen molar-refractivity contribution in [3.8, 4) is 5.75 Å². The maximum absolute atomic E-state index is 12.6. The Kier molecular flexibility index (Phi) is 4.92. The first-order valence-electron chi connectivity index (χ1n) is 9.28. The third-order valence-corrected chi connectivity index (χ3v) is 5.10. The Bertz CT molecular complexity index is 916. The summed E-state index contributed by atoms with van der Waals surface area (Å²) in [5.41, 5.74) is 4.23. The quantitative estimate of drug-likeness (QED) is 0.753. The molecule has 0 fully saturated rings. The molecule has 3 aromatic rings. The summed E-state index contributed by atoms with van der Waals surface area (Å²) in [6.45, 7) is 0.759. The lowest BCUT2D eigenvalue weighted by Crippen LogP contribution is -2.31. The zero-order valence-corrected chi connectivity index (χ0v) is 15.4. The van der Waals surface area contributed by atoms with E-state index in [2.05, 4.69) is 27.2 Å². The molecule has 138 valence electrons. The molecule has 0 unspecified atom stereocenters. The Hall–Kier alpha value is -3.08. The molecule has 0 saturated heterocycles. The molecule has 1 atom stereocenters. The topological polar surface area (TPSA) is 56.1 Å². The van der Waals surface area contributed by atoms with Crippen molar-refractivity contribution < 1.29 is 9.53 Å². The van der Waals surface area contributed by atoms with E-state index < -0.39 is 0 Å². The number of hydrogen-bond acceptors (Lipinski definition) is 3. The van der Waals surface area contributed by atoms with E-state index in [1.165, 1.54) is 11.3 Å². The number of nitrogens with one attached hydrogen (secondary N) is 1. The highest BCUT2D eigenvalue weighted by Crippen LogP contribution is 2.30. The lowest BCUT2D eigenvalue weighted by molar-refractivity contribution is 0.0932. The first-order chi connectivity index (χ1) is 13.2. The number of fused-ring (bicyclic) bond motifs is 1. The van der Waals surface area contributed by atoms with Crippen LogP contribution >= 0.6 is 0 Å². The van der Waals surface area contributed by atoms with Crippen molar-refractivity contribution in [1.82, 2.24) is 15.1 Å². The van der Waals surface area contributed by atoms with Crippen molar-refractivity contribution in [2.75, 3.05) is 7.11 Å². The molecule has 27 heavy (non-hydrogen) atoms. The highest BCUT2D eigenvalue weighted by molar-refractivity contribution is 5.94. The maximum Gasteiger partial charge on any atom is 0.251 e. The molecule has 0 radical (unpaired) electrons. The molecule has 2 aromatic carbocycles. The Balaban J connectivity index is 1.50.